The first kappa shape index (κ1) is 18.6. The molecule has 0 aliphatic rings. The Morgan fingerprint density at radius 1 is 1.17 bits per heavy atom. The molecule has 1 N–H and O–H groups in total. The second-order valence-electron chi connectivity index (χ2n) is 4.39. The van der Waals surface area contributed by atoms with E-state index in [0.717, 1.165) is 0 Å². The number of nitrogens with one attached hydrogen (secondary N) is 1. The van der Waals surface area contributed by atoms with Gasteiger partial charge in [-0.2, -0.15) is 0 Å². The van der Waals surface area contributed by atoms with Crippen molar-refractivity contribution in [3.8, 4) is 5.75 Å². The van der Waals surface area contributed by atoms with Gasteiger partial charge in [0.1, 0.15) is 12.3 Å². The number of allylic oxidation sites excluding steroid dienone is 5. The molecule has 124 valence electrons. The summed E-state index contributed by atoms with van der Waals surface area (Å²) in [6, 6.07) is 0. The molecule has 1 rings (SSSR count). The molecule has 0 aromatic carbocycles. The van der Waals surface area contributed by atoms with Crippen molar-refractivity contribution in [1.82, 2.24) is 4.98 Å². The molecule has 1 aromatic rings. The zero-order valence-electron chi connectivity index (χ0n) is 13.4. The number of hydrogen-bond acceptors (Lipinski definition) is 5. The maximum Gasteiger partial charge on any atom is 0.234 e. The maximum absolute atomic E-state index is 12.2. The summed E-state index contributed by atoms with van der Waals surface area (Å²) in [4.78, 5) is 26.0. The highest BCUT2D eigenvalue weighted by Crippen LogP contribution is 2.22. The third kappa shape index (κ3) is 5.36. The van der Waals surface area contributed by atoms with Crippen molar-refractivity contribution in [2.24, 2.45) is 0 Å². The van der Waals surface area contributed by atoms with E-state index < -0.39 is 11.7 Å². The minimum absolute atomic E-state index is 0.00498. The average molecular weight is 319 g/mol. The Bertz CT molecular complexity index is 639. The van der Waals surface area contributed by atoms with Gasteiger partial charge in [-0.3, -0.25) is 9.59 Å². The number of aldehydes is 1. The van der Waals surface area contributed by atoms with Gasteiger partial charge in [0.15, 0.2) is 12.0 Å². The van der Waals surface area contributed by atoms with E-state index in [1.54, 1.807) is 12.2 Å². The van der Waals surface area contributed by atoms with E-state index in [9.17, 15) is 9.59 Å². The molecule has 0 unspecified atom stereocenters. The Morgan fingerprint density at radius 2 is 1.87 bits per heavy atom. The normalized spacial score (nSPS) is 12.0. The van der Waals surface area contributed by atoms with Gasteiger partial charge in [0.2, 0.25) is 11.7 Å². The molecule has 0 saturated heterocycles. The second-order valence-corrected chi connectivity index (χ2v) is 4.39. The summed E-state index contributed by atoms with van der Waals surface area (Å²) in [5.74, 6) is 0.00498. The number of aromatic nitrogens is 1. The topological polar surface area (TPSA) is 77.6 Å². The van der Waals surface area contributed by atoms with Crippen LogP contribution in [0.5, 0.6) is 5.75 Å². The van der Waals surface area contributed by atoms with Crippen molar-refractivity contribution in [2.75, 3.05) is 20.8 Å². The zero-order valence-corrected chi connectivity index (χ0v) is 13.4. The van der Waals surface area contributed by atoms with Crippen LogP contribution >= 0.6 is 0 Å². The van der Waals surface area contributed by atoms with E-state index in [1.807, 2.05) is 31.2 Å². The van der Waals surface area contributed by atoms with E-state index >= 15 is 0 Å². The first-order chi connectivity index (χ1) is 11.2. The molecule has 1 aromatic heterocycles. The van der Waals surface area contributed by atoms with Gasteiger partial charge >= 0.3 is 0 Å². The maximum atomic E-state index is 12.2. The highest BCUT2D eigenvalue weighted by molar-refractivity contribution is 5.74. The fraction of sp³-hybridized carbons (Fsp3) is 0.294. The fourth-order valence-electron chi connectivity index (χ4n) is 1.78. The van der Waals surface area contributed by atoms with Crippen molar-refractivity contribution in [3.05, 3.63) is 64.1 Å². The molecule has 6 heteroatoms. The molecule has 0 bridgehead atoms. The molecule has 0 aliphatic carbocycles. The number of carbonyl (C=O) groups excluding carboxylic acids is 1. The van der Waals surface area contributed by atoms with Gasteiger partial charge in [-0.25, -0.2) is 0 Å². The van der Waals surface area contributed by atoms with E-state index in [0.29, 0.717) is 12.0 Å². The summed E-state index contributed by atoms with van der Waals surface area (Å²) < 4.78 is 15.8. The van der Waals surface area contributed by atoms with Crippen LogP contribution in [-0.2, 0) is 9.47 Å². The van der Waals surface area contributed by atoms with Crippen LogP contribution < -0.4 is 10.2 Å². The number of pyridine rings is 1. The predicted molar refractivity (Wildman–Crippen MR) is 87.8 cm³/mol. The molecule has 1 heterocycles. The largest absolute Gasteiger partial charge is 0.483 e. The van der Waals surface area contributed by atoms with Gasteiger partial charge < -0.3 is 19.2 Å². The third-order valence-electron chi connectivity index (χ3n) is 2.87. The monoisotopic (exact) mass is 319 g/mol. The number of H-pyrrole nitrogens is 1. The van der Waals surface area contributed by atoms with E-state index in [2.05, 4.69) is 4.98 Å². The SMILES string of the molecule is CC=CC=CC=CCOc1c(C(OC)OC)[nH]cc(C=O)c1=O. The van der Waals surface area contributed by atoms with Gasteiger partial charge in [0, 0.05) is 20.4 Å². The van der Waals surface area contributed by atoms with E-state index in [1.165, 1.54) is 20.4 Å². The molecule has 0 aliphatic heterocycles. The first-order valence-electron chi connectivity index (χ1n) is 7.03. The quantitative estimate of drug-likeness (QED) is 0.430. The lowest BCUT2D eigenvalue weighted by atomic mass is 10.2. The predicted octanol–water partition coefficient (Wildman–Crippen LogP) is 2.55. The van der Waals surface area contributed by atoms with Crippen molar-refractivity contribution in [2.45, 2.75) is 13.2 Å². The van der Waals surface area contributed by atoms with Crippen LogP contribution in [0.25, 0.3) is 0 Å². The van der Waals surface area contributed by atoms with Crippen LogP contribution in [0.2, 0.25) is 0 Å². The lowest BCUT2D eigenvalue weighted by molar-refractivity contribution is -0.109. The molecule has 0 spiro atoms. The summed E-state index contributed by atoms with van der Waals surface area (Å²) in [7, 11) is 2.88. The van der Waals surface area contributed by atoms with E-state index in [-0.39, 0.29) is 17.9 Å². The van der Waals surface area contributed by atoms with Crippen molar-refractivity contribution < 1.29 is 19.0 Å². The lowest BCUT2D eigenvalue weighted by Gasteiger charge is -2.17. The number of carbonyl (C=O) groups is 1. The molecule has 0 saturated carbocycles. The van der Waals surface area contributed by atoms with Gasteiger partial charge in [-0.15, -0.1) is 0 Å². The number of aromatic amines is 1. The van der Waals surface area contributed by atoms with Crippen LogP contribution in [0.15, 0.2) is 47.4 Å². The molecule has 0 fully saturated rings. The average Bonchev–Trinajstić information content (AvgIpc) is 2.57. The summed E-state index contributed by atoms with van der Waals surface area (Å²) in [5, 5.41) is 0. The van der Waals surface area contributed by atoms with Crippen molar-refractivity contribution in [3.63, 3.8) is 0 Å². The standard InChI is InChI=1S/C17H21NO5/c1-4-5-6-7-8-9-10-23-16-14(17(21-2)22-3)18-11-13(12-19)15(16)20/h4-9,11-12,17H,10H2,1-3H3,(H,18,20). The molecule has 0 radical (unpaired) electrons. The Labute approximate surface area is 135 Å². The molecule has 0 atom stereocenters. The fourth-order valence-corrected chi connectivity index (χ4v) is 1.78. The third-order valence-corrected chi connectivity index (χ3v) is 2.87. The summed E-state index contributed by atoms with van der Waals surface area (Å²) >= 11 is 0. The van der Waals surface area contributed by atoms with Crippen LogP contribution in [0.1, 0.15) is 29.3 Å². The van der Waals surface area contributed by atoms with Crippen LogP contribution in [0, 0.1) is 0 Å². The zero-order chi connectivity index (χ0) is 17.1. The van der Waals surface area contributed by atoms with Crippen molar-refractivity contribution in [1.29, 1.82) is 0 Å². The Hall–Kier alpha value is -2.44. The Balaban J connectivity index is 2.97. The van der Waals surface area contributed by atoms with Gasteiger partial charge in [0.05, 0.1) is 5.56 Å². The summed E-state index contributed by atoms with van der Waals surface area (Å²) in [6.07, 6.45) is 12.0. The van der Waals surface area contributed by atoms with Crippen LogP contribution in [0.4, 0.5) is 0 Å². The highest BCUT2D eigenvalue weighted by Gasteiger charge is 2.20. The molecular formula is C17H21NO5. The number of methoxy groups -OCH3 is 2. The summed E-state index contributed by atoms with van der Waals surface area (Å²) in [6.45, 7) is 2.09. The minimum atomic E-state index is -0.794. The molecule has 23 heavy (non-hydrogen) atoms. The first-order valence-corrected chi connectivity index (χ1v) is 7.03. The molecular weight excluding hydrogens is 298 g/mol. The second kappa shape index (κ2) is 10.3. The van der Waals surface area contributed by atoms with Crippen LogP contribution in [-0.4, -0.2) is 32.1 Å². The number of hydrogen-bond donors (Lipinski definition) is 1. The van der Waals surface area contributed by atoms with Gasteiger partial charge in [0.25, 0.3) is 0 Å². The Kier molecular flexibility index (Phi) is 8.34. The molecule has 0 amide bonds. The highest BCUT2D eigenvalue weighted by atomic mass is 16.7. The lowest BCUT2D eigenvalue weighted by Crippen LogP contribution is -2.19. The van der Waals surface area contributed by atoms with Crippen LogP contribution in [0.3, 0.4) is 0 Å². The summed E-state index contributed by atoms with van der Waals surface area (Å²) in [5.41, 5.74) is -0.208. The Morgan fingerprint density at radius 3 is 2.48 bits per heavy atom. The van der Waals surface area contributed by atoms with Crippen molar-refractivity contribution >= 4 is 6.29 Å². The van der Waals surface area contributed by atoms with Gasteiger partial charge in [-0.1, -0.05) is 30.4 Å². The minimum Gasteiger partial charge on any atom is -0.483 e. The van der Waals surface area contributed by atoms with E-state index in [4.69, 9.17) is 14.2 Å². The molecule has 6 nitrogen and oxygen atoms in total. The van der Waals surface area contributed by atoms with Gasteiger partial charge in [-0.05, 0) is 13.0 Å². The smallest absolute Gasteiger partial charge is 0.234 e. The number of ether oxygens (including phenoxy) is 3. The number of rotatable bonds is 9.